The molecule has 0 aliphatic heterocycles. The fraction of sp³-hybridized carbons (Fsp3) is 0.600. The molecule has 4 nitrogen and oxygen atoms in total. The first-order valence-electron chi connectivity index (χ1n) is 7.08. The van der Waals surface area contributed by atoms with E-state index in [1.165, 1.54) is 0 Å². The Morgan fingerprint density at radius 1 is 1.50 bits per heavy atom. The van der Waals surface area contributed by atoms with Crippen LogP contribution in [0.5, 0.6) is 0 Å². The molecule has 0 atom stereocenters. The monoisotopic (exact) mass is 296 g/mol. The maximum atomic E-state index is 12.2. The van der Waals surface area contributed by atoms with Crippen LogP contribution in [0.3, 0.4) is 0 Å². The zero-order valence-corrected chi connectivity index (χ0v) is 12.8. The molecule has 1 heterocycles. The third-order valence-corrected chi connectivity index (χ3v) is 4.08. The summed E-state index contributed by atoms with van der Waals surface area (Å²) in [5.41, 5.74) is 1.26. The largest absolute Gasteiger partial charge is 0.376 e. The Labute approximate surface area is 124 Å². The Hall–Kier alpha value is -1.13. The lowest BCUT2D eigenvalue weighted by atomic mass is 9.80. The average molecular weight is 297 g/mol. The van der Waals surface area contributed by atoms with Gasteiger partial charge in [-0.15, -0.1) is 0 Å². The second-order valence-electron chi connectivity index (χ2n) is 5.34. The molecular formula is C15H21ClN2O2. The van der Waals surface area contributed by atoms with Crippen LogP contribution in [0.25, 0.3) is 0 Å². The fourth-order valence-electron chi connectivity index (χ4n) is 2.43. The van der Waals surface area contributed by atoms with E-state index >= 15 is 0 Å². The lowest BCUT2D eigenvalue weighted by Gasteiger charge is -2.40. The number of amides is 1. The number of hydrogen-bond acceptors (Lipinski definition) is 3. The summed E-state index contributed by atoms with van der Waals surface area (Å²) < 4.78 is 5.49. The van der Waals surface area contributed by atoms with E-state index in [1.807, 2.05) is 6.07 Å². The molecule has 0 aromatic carbocycles. The number of nitrogens with one attached hydrogen (secondary N) is 1. The van der Waals surface area contributed by atoms with Crippen molar-refractivity contribution in [3.8, 4) is 0 Å². The van der Waals surface area contributed by atoms with E-state index in [-0.39, 0.29) is 11.5 Å². The van der Waals surface area contributed by atoms with Crippen molar-refractivity contribution in [1.29, 1.82) is 0 Å². The van der Waals surface area contributed by atoms with Gasteiger partial charge in [-0.1, -0.05) is 24.9 Å². The van der Waals surface area contributed by atoms with Gasteiger partial charge in [0.1, 0.15) is 5.15 Å². The topological polar surface area (TPSA) is 51.2 Å². The zero-order valence-electron chi connectivity index (χ0n) is 12.0. The molecule has 1 saturated carbocycles. The molecule has 1 aromatic rings. The second kappa shape index (κ2) is 6.55. The summed E-state index contributed by atoms with van der Waals surface area (Å²) in [6.07, 6.45) is 4.96. The number of methoxy groups -OCH3 is 1. The van der Waals surface area contributed by atoms with Crippen LogP contribution in [-0.2, 0) is 11.2 Å². The van der Waals surface area contributed by atoms with Crippen LogP contribution in [0.4, 0.5) is 0 Å². The molecule has 0 spiro atoms. The second-order valence-corrected chi connectivity index (χ2v) is 5.73. The van der Waals surface area contributed by atoms with E-state index in [2.05, 4.69) is 17.2 Å². The summed E-state index contributed by atoms with van der Waals surface area (Å²) in [6, 6.07) is 3.42. The minimum absolute atomic E-state index is 0.116. The summed E-state index contributed by atoms with van der Waals surface area (Å²) in [4.78, 5) is 16.4. The standard InChI is InChI=1S/C15H21ClN2O2/c1-3-5-12-8-11(9-13(16)18-12)14(19)17-10-15(20-2)6-4-7-15/h8-9H,3-7,10H2,1-2H3,(H,17,19). The van der Waals surface area contributed by atoms with Gasteiger partial charge >= 0.3 is 0 Å². The molecule has 20 heavy (non-hydrogen) atoms. The highest BCUT2D eigenvalue weighted by molar-refractivity contribution is 6.29. The van der Waals surface area contributed by atoms with Gasteiger partial charge in [-0.25, -0.2) is 4.98 Å². The summed E-state index contributed by atoms with van der Waals surface area (Å²) >= 11 is 5.97. The van der Waals surface area contributed by atoms with Crippen molar-refractivity contribution in [2.45, 2.75) is 44.6 Å². The van der Waals surface area contributed by atoms with Crippen molar-refractivity contribution in [1.82, 2.24) is 10.3 Å². The minimum Gasteiger partial charge on any atom is -0.376 e. The lowest BCUT2D eigenvalue weighted by Crippen LogP contribution is -2.49. The maximum absolute atomic E-state index is 12.2. The Kier molecular flexibility index (Phi) is 5.00. The van der Waals surface area contributed by atoms with Gasteiger partial charge in [0.2, 0.25) is 0 Å². The van der Waals surface area contributed by atoms with Crippen molar-refractivity contribution in [3.63, 3.8) is 0 Å². The van der Waals surface area contributed by atoms with Gasteiger partial charge in [0, 0.05) is 24.9 Å². The third-order valence-electron chi connectivity index (χ3n) is 3.88. The number of aromatic nitrogens is 1. The Morgan fingerprint density at radius 2 is 2.25 bits per heavy atom. The van der Waals surface area contributed by atoms with Gasteiger partial charge in [0.15, 0.2) is 0 Å². The van der Waals surface area contributed by atoms with Gasteiger partial charge in [-0.05, 0) is 37.8 Å². The summed E-state index contributed by atoms with van der Waals surface area (Å²) in [5.74, 6) is -0.116. The van der Waals surface area contributed by atoms with Gasteiger partial charge in [-0.2, -0.15) is 0 Å². The molecule has 1 aliphatic rings. The van der Waals surface area contributed by atoms with Crippen molar-refractivity contribution in [2.24, 2.45) is 0 Å². The molecule has 1 amide bonds. The molecule has 2 rings (SSSR count). The highest BCUT2D eigenvalue weighted by Crippen LogP contribution is 2.34. The normalized spacial score (nSPS) is 16.6. The number of nitrogens with zero attached hydrogens (tertiary/aromatic N) is 1. The third kappa shape index (κ3) is 3.49. The SMILES string of the molecule is CCCc1cc(C(=O)NCC2(OC)CCC2)cc(Cl)n1. The number of aryl methyl sites for hydroxylation is 1. The smallest absolute Gasteiger partial charge is 0.251 e. The number of halogens is 1. The van der Waals surface area contributed by atoms with Crippen molar-refractivity contribution in [2.75, 3.05) is 13.7 Å². The summed E-state index contributed by atoms with van der Waals surface area (Å²) in [5, 5.41) is 3.31. The van der Waals surface area contributed by atoms with Gasteiger partial charge in [-0.3, -0.25) is 4.79 Å². The van der Waals surface area contributed by atoms with Crippen LogP contribution in [0, 0.1) is 0 Å². The summed E-state index contributed by atoms with van der Waals surface area (Å²) in [6.45, 7) is 2.62. The highest BCUT2D eigenvalue weighted by atomic mass is 35.5. The van der Waals surface area contributed by atoms with Crippen LogP contribution in [0.2, 0.25) is 5.15 Å². The van der Waals surface area contributed by atoms with Crippen LogP contribution in [0.1, 0.15) is 48.7 Å². The molecule has 0 radical (unpaired) electrons. The molecule has 0 unspecified atom stereocenters. The van der Waals surface area contributed by atoms with Crippen molar-refractivity contribution in [3.05, 3.63) is 28.5 Å². The van der Waals surface area contributed by atoms with E-state index in [1.54, 1.807) is 13.2 Å². The first-order valence-corrected chi connectivity index (χ1v) is 7.46. The first-order chi connectivity index (χ1) is 9.58. The van der Waals surface area contributed by atoms with E-state index in [0.29, 0.717) is 17.3 Å². The van der Waals surface area contributed by atoms with E-state index in [9.17, 15) is 4.79 Å². The number of carbonyl (C=O) groups excluding carboxylic acids is 1. The van der Waals surface area contributed by atoms with Gasteiger partial charge in [0.05, 0.1) is 5.60 Å². The average Bonchev–Trinajstić information content (AvgIpc) is 2.37. The van der Waals surface area contributed by atoms with Gasteiger partial charge < -0.3 is 10.1 Å². The molecule has 1 aliphatic carbocycles. The fourth-order valence-corrected chi connectivity index (χ4v) is 2.66. The zero-order chi connectivity index (χ0) is 14.6. The maximum Gasteiger partial charge on any atom is 0.251 e. The number of pyridine rings is 1. The lowest BCUT2D eigenvalue weighted by molar-refractivity contribution is -0.0679. The van der Waals surface area contributed by atoms with Gasteiger partial charge in [0.25, 0.3) is 5.91 Å². The van der Waals surface area contributed by atoms with E-state index in [0.717, 1.165) is 37.8 Å². The molecule has 1 N–H and O–H groups in total. The number of rotatable bonds is 6. The van der Waals surface area contributed by atoms with E-state index < -0.39 is 0 Å². The van der Waals surface area contributed by atoms with Crippen molar-refractivity contribution >= 4 is 17.5 Å². The summed E-state index contributed by atoms with van der Waals surface area (Å²) in [7, 11) is 1.70. The van der Waals surface area contributed by atoms with Crippen LogP contribution in [-0.4, -0.2) is 30.1 Å². The number of carbonyl (C=O) groups is 1. The molecule has 110 valence electrons. The molecule has 1 fully saturated rings. The number of hydrogen-bond donors (Lipinski definition) is 1. The van der Waals surface area contributed by atoms with E-state index in [4.69, 9.17) is 16.3 Å². The molecule has 1 aromatic heterocycles. The van der Waals surface area contributed by atoms with Crippen molar-refractivity contribution < 1.29 is 9.53 Å². The number of ether oxygens (including phenoxy) is 1. The molecule has 0 saturated heterocycles. The van der Waals surface area contributed by atoms with Crippen LogP contribution < -0.4 is 5.32 Å². The Bertz CT molecular complexity index is 481. The molecule has 5 heteroatoms. The van der Waals surface area contributed by atoms with Crippen LogP contribution in [0.15, 0.2) is 12.1 Å². The molecule has 0 bridgehead atoms. The minimum atomic E-state index is -0.168. The Balaban J connectivity index is 2.01. The molecular weight excluding hydrogens is 276 g/mol. The van der Waals surface area contributed by atoms with Crippen LogP contribution >= 0.6 is 11.6 Å². The highest BCUT2D eigenvalue weighted by Gasteiger charge is 2.37. The first kappa shape index (κ1) is 15.3. The Morgan fingerprint density at radius 3 is 2.80 bits per heavy atom. The predicted molar refractivity (Wildman–Crippen MR) is 79.2 cm³/mol. The predicted octanol–water partition coefficient (Wildman–Crippen LogP) is 2.99. The quantitative estimate of drug-likeness (QED) is 0.821.